The minimum absolute atomic E-state index is 0. The molecule has 62 heavy (non-hydrogen) atoms. The molecule has 2 unspecified atom stereocenters. The molecule has 3 N–H and O–H groups in total. The first kappa shape index (κ1) is 53.0. The molecule has 1 aliphatic rings. The van der Waals surface area contributed by atoms with E-state index in [2.05, 4.69) is 181 Å². The molecule has 5 heteroatoms. The summed E-state index contributed by atoms with van der Waals surface area (Å²) in [6.07, 6.45) is 23.0. The van der Waals surface area contributed by atoms with Gasteiger partial charge in [0.2, 0.25) is 0 Å². The normalized spacial score (nSPS) is 16.7. The van der Waals surface area contributed by atoms with E-state index in [1.807, 2.05) is 24.3 Å². The van der Waals surface area contributed by atoms with E-state index in [4.69, 9.17) is 15.2 Å². The number of allylic oxidation sites excluding steroid dienone is 1. The van der Waals surface area contributed by atoms with Crippen molar-refractivity contribution >= 4 is 5.91 Å². The highest BCUT2D eigenvalue weighted by atomic mass is 16.7. The minimum atomic E-state index is -0.622. The van der Waals surface area contributed by atoms with E-state index in [0.29, 0.717) is 6.42 Å². The smallest absolute Gasteiger partial charge is 0.297 e. The van der Waals surface area contributed by atoms with Crippen LogP contribution in [0.4, 0.5) is 0 Å². The first-order valence-electron chi connectivity index (χ1n) is 21.2. The second-order valence-electron chi connectivity index (χ2n) is 13.9. The van der Waals surface area contributed by atoms with Crippen LogP contribution >= 0.6 is 0 Å². The fraction of sp³-hybridized carbons (Fsp3) is 0.421. The number of ether oxygens (including phenoxy) is 2. The monoisotopic (exact) mass is 867 g/mol. The van der Waals surface area contributed by atoms with Crippen molar-refractivity contribution in [2.24, 2.45) is 23.5 Å². The second-order valence-corrected chi connectivity index (χ2v) is 13.9. The largest absolute Gasteiger partial charge is 0.350 e. The maximum atomic E-state index is 13.0. The van der Waals surface area contributed by atoms with Crippen LogP contribution in [0.5, 0.6) is 0 Å². The Morgan fingerprint density at radius 1 is 0.613 bits per heavy atom. The summed E-state index contributed by atoms with van der Waals surface area (Å²) in [6.45, 7) is 20.1. The SMILES string of the molecule is C=CCC1O[C@H](OC[C@H](NC(=O)C#CC#CC#CC#CC#CC#CC#CC#CC#CC#CC#CC#CC)[C@H](N)CCCCCCCCCCCCCC)[C@@H](C=C)C(C=C)[C@H]1C=C.[HH].[HH].[HH].[HH].[HH].[HH].[HH].[HH].[HH].[HH].[HH].[HH].[HH].[HH].[HH].[HH].[HH].[HH].[HH].[HH].[HH].[HH].[HH].[HH]. The van der Waals surface area contributed by atoms with Crippen LogP contribution in [-0.2, 0) is 14.3 Å². The van der Waals surface area contributed by atoms with E-state index >= 15 is 0 Å². The van der Waals surface area contributed by atoms with Gasteiger partial charge in [-0.1, -0.05) is 114 Å². The molecule has 0 bridgehead atoms. The lowest BCUT2D eigenvalue weighted by molar-refractivity contribution is -0.235. The predicted octanol–water partition coefficient (Wildman–Crippen LogP) is 13.6. The van der Waals surface area contributed by atoms with Crippen LogP contribution in [0, 0.1) is 160 Å². The van der Waals surface area contributed by atoms with E-state index in [9.17, 15) is 4.79 Å². The van der Waals surface area contributed by atoms with Gasteiger partial charge in [0.05, 0.1) is 18.8 Å². The van der Waals surface area contributed by atoms with Gasteiger partial charge >= 0.3 is 0 Å². The first-order chi connectivity index (χ1) is 30.5. The van der Waals surface area contributed by atoms with Gasteiger partial charge in [-0.05, 0) is 120 Å². The molecule has 0 aliphatic carbocycles. The van der Waals surface area contributed by atoms with Gasteiger partial charge in [-0.25, -0.2) is 0 Å². The highest BCUT2D eigenvalue weighted by Crippen LogP contribution is 2.39. The summed E-state index contributed by atoms with van der Waals surface area (Å²) in [5, 5.41) is 2.95. The van der Waals surface area contributed by atoms with E-state index in [0.717, 1.165) is 19.3 Å². The number of nitrogens with two attached hydrogens (primary N) is 1. The molecule has 0 radical (unpaired) electrons. The third-order valence-corrected chi connectivity index (χ3v) is 9.43. The average molecular weight is 867 g/mol. The molecule has 1 aliphatic heterocycles. The maximum absolute atomic E-state index is 13.0. The minimum Gasteiger partial charge on any atom is -0.350 e. The lowest BCUT2D eigenvalue weighted by Gasteiger charge is -2.44. The molecule has 0 aromatic rings. The molecule has 0 saturated carbocycles. The van der Waals surface area contributed by atoms with Gasteiger partial charge in [0, 0.05) is 93.6 Å². The van der Waals surface area contributed by atoms with Crippen LogP contribution in [-0.4, -0.2) is 37.0 Å². The molecule has 0 aromatic heterocycles. The van der Waals surface area contributed by atoms with Crippen LogP contribution in [0.15, 0.2) is 50.6 Å². The van der Waals surface area contributed by atoms with Crippen molar-refractivity contribution in [3.63, 3.8) is 0 Å². The molecule has 5 nitrogen and oxygen atoms in total. The van der Waals surface area contributed by atoms with Gasteiger partial charge in [0.1, 0.15) is 0 Å². The summed E-state index contributed by atoms with van der Waals surface area (Å²) >= 11 is 0. The number of carbonyl (C=O) groups excluding carboxylic acids is 1. The van der Waals surface area contributed by atoms with E-state index in [-0.39, 0.29) is 70.7 Å². The summed E-state index contributed by atoms with van der Waals surface area (Å²) < 4.78 is 12.8. The molecule has 0 spiro atoms. The van der Waals surface area contributed by atoms with Crippen molar-refractivity contribution in [2.75, 3.05) is 6.61 Å². The fourth-order valence-electron chi connectivity index (χ4n) is 6.33. The molecule has 362 valence electrons. The van der Waals surface area contributed by atoms with Crippen molar-refractivity contribution in [1.29, 1.82) is 0 Å². The number of hydrogen-bond donors (Lipinski definition) is 2. The predicted molar refractivity (Wildman–Crippen MR) is 306 cm³/mol. The third kappa shape index (κ3) is 26.2. The molecule has 1 saturated heterocycles. The number of hydrogen-bond acceptors (Lipinski definition) is 4. The molecule has 1 amide bonds. The fourth-order valence-corrected chi connectivity index (χ4v) is 6.33. The summed E-state index contributed by atoms with van der Waals surface area (Å²) in [5.74, 6) is 60.3. The van der Waals surface area contributed by atoms with Gasteiger partial charge in [0.15, 0.2) is 6.29 Å². The zero-order valence-electron chi connectivity index (χ0n) is 36.6. The molecule has 7 atom stereocenters. The first-order valence-corrected chi connectivity index (χ1v) is 21.2. The van der Waals surface area contributed by atoms with Crippen LogP contribution < -0.4 is 11.1 Å². The van der Waals surface area contributed by atoms with Crippen molar-refractivity contribution in [1.82, 2.24) is 5.32 Å². The Morgan fingerprint density at radius 3 is 1.42 bits per heavy atom. The number of unbranched alkanes of at least 4 members (excludes halogenated alkanes) is 11. The van der Waals surface area contributed by atoms with Gasteiger partial charge in [-0.15, -0.1) is 26.3 Å². The molecule has 0 aromatic carbocycles. The zero-order valence-corrected chi connectivity index (χ0v) is 36.6. The molecule has 1 rings (SSSR count). The number of nitrogens with one attached hydrogen (secondary N) is 1. The molecule has 1 fully saturated rings. The van der Waals surface area contributed by atoms with Crippen molar-refractivity contribution in [3.8, 4) is 142 Å². The Morgan fingerprint density at radius 2 is 1.02 bits per heavy atom. The number of amides is 1. The third-order valence-electron chi connectivity index (χ3n) is 9.43. The Kier molecular flexibility index (Phi) is 32.7. The number of carbonyl (C=O) groups is 1. The highest BCUT2D eigenvalue weighted by molar-refractivity contribution is 5.94. The van der Waals surface area contributed by atoms with E-state index in [1.165, 1.54) is 64.2 Å². The Bertz CT molecular complexity index is 2350. The van der Waals surface area contributed by atoms with E-state index < -0.39 is 18.2 Å². The molecular weight excluding hydrogens is 761 g/mol. The van der Waals surface area contributed by atoms with Crippen molar-refractivity contribution < 1.29 is 48.5 Å². The lowest BCUT2D eigenvalue weighted by Crippen LogP contribution is -2.52. The average Bonchev–Trinajstić information content (AvgIpc) is 3.28. The van der Waals surface area contributed by atoms with Crippen LogP contribution in [0.1, 0.15) is 138 Å². The molecular formula is C57H106N2O3. The Labute approximate surface area is 410 Å². The van der Waals surface area contributed by atoms with Gasteiger partial charge < -0.3 is 20.5 Å². The van der Waals surface area contributed by atoms with Crippen molar-refractivity contribution in [2.45, 2.75) is 128 Å². The van der Waals surface area contributed by atoms with Gasteiger partial charge in [-0.3, -0.25) is 4.79 Å². The van der Waals surface area contributed by atoms with Crippen LogP contribution in [0.25, 0.3) is 0 Å². The maximum Gasteiger partial charge on any atom is 0.297 e. The van der Waals surface area contributed by atoms with Gasteiger partial charge in [0.25, 0.3) is 5.91 Å². The number of rotatable bonds is 23. The summed E-state index contributed by atoms with van der Waals surface area (Å²) in [6, 6.07) is -0.884. The van der Waals surface area contributed by atoms with Crippen LogP contribution in [0.3, 0.4) is 0 Å². The van der Waals surface area contributed by atoms with Gasteiger partial charge in [-0.2, -0.15) is 0 Å². The molecule has 1 heterocycles. The summed E-state index contributed by atoms with van der Waals surface area (Å²) in [5.41, 5.74) is 6.72. The second kappa shape index (κ2) is 38.2. The Balaban J connectivity index is -0.0000000728. The lowest BCUT2D eigenvalue weighted by atomic mass is 9.75. The van der Waals surface area contributed by atoms with Crippen molar-refractivity contribution in [3.05, 3.63) is 50.6 Å². The van der Waals surface area contributed by atoms with Crippen LogP contribution in [0.2, 0.25) is 0 Å². The highest BCUT2D eigenvalue weighted by Gasteiger charge is 2.42. The Hall–Kier alpha value is -6.97. The zero-order chi connectivity index (χ0) is 45.1. The van der Waals surface area contributed by atoms with E-state index in [1.54, 1.807) is 6.92 Å². The standard InChI is InChI=1S/C57H58N2O3.24H2/c1-7-13-15-17-19-21-23-25-26-27-28-29-30-31-32-33-34-35-37-39-41-43-45-48-56(60)59-54(53(58)47-44-42-40-38-36-24-22-20-18-16-14-8-2)49-61-57-52(12-6)50(10-4)51(11-5)55(62-57)46-9-3;;;;;;;;;;;;;;;;;;;;;;;;/h9-12,50-55,57H,3-6,8,14,16,18,20,22,24,36,38,40,42,44,46-47,49,58H2,1-2H3,(H,59,60);24*1H/t50?,51-,52+,53-,54+,55?,57+;;;;;;;;;;;;;;;;;;;;;;;;/m1......................../s1. The summed E-state index contributed by atoms with van der Waals surface area (Å²) in [7, 11) is 0. The summed E-state index contributed by atoms with van der Waals surface area (Å²) in [4.78, 5) is 13.0. The quantitative estimate of drug-likeness (QED) is 0.0610. The topological polar surface area (TPSA) is 73.6 Å².